The molecule has 0 radical (unpaired) electrons. The van der Waals surface area contributed by atoms with Crippen LogP contribution in [0.3, 0.4) is 0 Å². The monoisotopic (exact) mass is 138 g/mol. The molecule has 0 bridgehead atoms. The van der Waals surface area contributed by atoms with E-state index < -0.39 is 13.5 Å². The predicted octanol–water partition coefficient (Wildman–Crippen LogP) is 0.828. The topological polar surface area (TPSA) is 63.6 Å². The second-order valence-corrected chi connectivity index (χ2v) is 2.72. The highest BCUT2D eigenvalue weighted by molar-refractivity contribution is 7.62. The smallest absolute Gasteiger partial charge is 0.361 e. The molecule has 0 heterocycles. The molecule has 0 aromatic heterocycles. The summed E-state index contributed by atoms with van der Waals surface area (Å²) in [6.45, 7) is 0. The molecular formula is C3H7O4P. The van der Waals surface area contributed by atoms with Gasteiger partial charge in [-0.15, -0.1) is 0 Å². The average molecular weight is 138 g/mol. The number of carbonyl (C=O) groups is 1. The van der Waals surface area contributed by atoms with Gasteiger partial charge < -0.3 is 14.4 Å². The molecule has 4 nitrogen and oxygen atoms in total. The molecule has 8 heavy (non-hydrogen) atoms. The Kier molecular flexibility index (Phi) is 3.48. The molecule has 0 aliphatic rings. The fourth-order valence-corrected chi connectivity index (χ4v) is 0.578. The molecule has 0 saturated heterocycles. The van der Waals surface area contributed by atoms with Crippen molar-refractivity contribution in [1.29, 1.82) is 0 Å². The number of hydrogen-bond acceptors (Lipinski definition) is 3. The van der Waals surface area contributed by atoms with Crippen LogP contribution >= 0.6 is 7.80 Å². The lowest BCUT2D eigenvalue weighted by Crippen LogP contribution is -1.88. The van der Waals surface area contributed by atoms with Gasteiger partial charge in [-0.2, -0.15) is 0 Å². The third-order valence-electron chi connectivity index (χ3n) is 0.514. The van der Waals surface area contributed by atoms with E-state index in [4.69, 9.17) is 5.11 Å². The molecule has 0 amide bonds. The van der Waals surface area contributed by atoms with E-state index in [9.17, 15) is 9.36 Å². The van der Waals surface area contributed by atoms with Gasteiger partial charge in [0.15, 0.2) is 0 Å². The minimum Gasteiger partial charge on any atom is -0.476 e. The van der Waals surface area contributed by atoms with Crippen molar-refractivity contribution in [2.45, 2.75) is 0 Å². The van der Waals surface area contributed by atoms with Crippen LogP contribution in [0.25, 0.3) is 0 Å². The summed E-state index contributed by atoms with van der Waals surface area (Å²) in [4.78, 5) is 9.74. The summed E-state index contributed by atoms with van der Waals surface area (Å²) in [5.74, 6) is 0. The Bertz CT molecular complexity index is 110. The zero-order chi connectivity index (χ0) is 6.57. The first-order chi connectivity index (χ1) is 3.68. The molecule has 1 atom stereocenters. The molecule has 0 fully saturated rings. The highest BCUT2D eigenvalue weighted by Crippen LogP contribution is 2.19. The molecule has 0 aromatic carbocycles. The van der Waals surface area contributed by atoms with Gasteiger partial charge in [-0.25, -0.2) is 4.79 Å². The average Bonchev–Trinajstić information content (AvgIpc) is 1.67. The lowest BCUT2D eigenvalue weighted by molar-refractivity contribution is 0.215. The first kappa shape index (κ1) is 7.66. The summed E-state index contributed by atoms with van der Waals surface area (Å²) >= 11 is 0. The number of rotatable bonds is 3. The Morgan fingerprint density at radius 3 is 2.50 bits per heavy atom. The summed E-state index contributed by atoms with van der Waals surface area (Å²) in [7, 11) is -1.20. The first-order valence-corrected chi connectivity index (χ1v) is 3.55. The Hall–Kier alpha value is -0.340. The van der Waals surface area contributed by atoms with E-state index in [1.165, 1.54) is 7.11 Å². The van der Waals surface area contributed by atoms with Crippen molar-refractivity contribution in [3.63, 3.8) is 0 Å². The number of carboxylic acid groups (broad SMARTS) is 1. The van der Waals surface area contributed by atoms with Crippen LogP contribution in [0.4, 0.5) is 4.79 Å². The normalized spacial score (nSPS) is 13.1. The second-order valence-electron chi connectivity index (χ2n) is 1.16. The molecule has 0 rings (SSSR count). The van der Waals surface area contributed by atoms with Crippen LogP contribution in [0.15, 0.2) is 0 Å². The maximum Gasteiger partial charge on any atom is 0.361 e. The summed E-state index contributed by atoms with van der Waals surface area (Å²) < 4.78 is 14.5. The van der Waals surface area contributed by atoms with Gasteiger partial charge in [0.25, 0.3) is 0 Å². The molecule has 0 aromatic rings. The molecule has 0 aliphatic carbocycles. The highest BCUT2D eigenvalue weighted by Gasteiger charge is 2.05. The maximum absolute atomic E-state index is 10.2. The molecule has 0 spiro atoms. The van der Waals surface area contributed by atoms with Crippen molar-refractivity contribution in [2.75, 3.05) is 13.5 Å². The molecular weight excluding hydrogens is 131 g/mol. The fourth-order valence-electron chi connectivity index (χ4n) is 0.193. The predicted molar refractivity (Wildman–Crippen MR) is 28.9 cm³/mol. The van der Waals surface area contributed by atoms with Crippen LogP contribution in [0.2, 0.25) is 0 Å². The van der Waals surface area contributed by atoms with Gasteiger partial charge in [0.05, 0.1) is 0 Å². The summed E-state index contributed by atoms with van der Waals surface area (Å²) in [5.41, 5.74) is -1.27. The lowest BCUT2D eigenvalue weighted by atomic mass is 11.5. The number of hydrogen-bond donors (Lipinski definition) is 1. The van der Waals surface area contributed by atoms with E-state index in [-0.39, 0.29) is 6.35 Å². The Morgan fingerprint density at radius 2 is 2.38 bits per heavy atom. The van der Waals surface area contributed by atoms with Gasteiger partial charge in [-0.05, 0) is 0 Å². The van der Waals surface area contributed by atoms with Crippen LogP contribution in [-0.2, 0) is 9.30 Å². The summed E-state index contributed by atoms with van der Waals surface area (Å²) in [6, 6.07) is 0. The van der Waals surface area contributed by atoms with E-state index in [0.717, 1.165) is 0 Å². The maximum atomic E-state index is 10.2. The van der Waals surface area contributed by atoms with Crippen LogP contribution < -0.4 is 0 Å². The third-order valence-corrected chi connectivity index (χ3v) is 1.54. The fraction of sp³-hybridized carbons (Fsp3) is 0.667. The molecule has 1 unspecified atom stereocenters. The molecule has 0 saturated carbocycles. The van der Waals surface area contributed by atoms with Crippen molar-refractivity contribution < 1.29 is 19.2 Å². The minimum absolute atomic E-state index is 0.167. The molecule has 0 aliphatic heterocycles. The molecule has 1 N–H and O–H groups in total. The van der Waals surface area contributed by atoms with Crippen molar-refractivity contribution >= 4 is 13.5 Å². The van der Waals surface area contributed by atoms with Crippen LogP contribution in [0, 0.1) is 0 Å². The summed E-state index contributed by atoms with van der Waals surface area (Å²) in [5, 5.41) is 7.97. The van der Waals surface area contributed by atoms with Crippen molar-refractivity contribution in [3.05, 3.63) is 0 Å². The lowest BCUT2D eigenvalue weighted by Gasteiger charge is -1.90. The van der Waals surface area contributed by atoms with Gasteiger partial charge in [0, 0.05) is 7.11 Å². The Labute approximate surface area is 47.2 Å². The number of ether oxygens (including phenoxy) is 1. The largest absolute Gasteiger partial charge is 0.476 e. The van der Waals surface area contributed by atoms with Gasteiger partial charge in [-0.3, -0.25) is 0 Å². The van der Waals surface area contributed by atoms with Gasteiger partial charge in [0.2, 0.25) is 7.80 Å². The zero-order valence-electron chi connectivity index (χ0n) is 4.38. The SMILES string of the molecule is COC[PH](=O)C(=O)O. The molecule has 5 heteroatoms. The van der Waals surface area contributed by atoms with Crippen molar-refractivity contribution in [2.24, 2.45) is 0 Å². The van der Waals surface area contributed by atoms with Crippen LogP contribution in [0.5, 0.6) is 0 Å². The van der Waals surface area contributed by atoms with Gasteiger partial charge >= 0.3 is 5.71 Å². The minimum atomic E-state index is -2.51. The van der Waals surface area contributed by atoms with Crippen molar-refractivity contribution in [3.8, 4) is 0 Å². The quantitative estimate of drug-likeness (QED) is 0.586. The first-order valence-electron chi connectivity index (χ1n) is 1.93. The van der Waals surface area contributed by atoms with E-state index in [0.29, 0.717) is 0 Å². The van der Waals surface area contributed by atoms with Crippen LogP contribution in [-0.4, -0.2) is 24.3 Å². The standard InChI is InChI=1S/C3H7O4P/c1-7-2-8(6)3(4)5/h8H,2H2,1H3,(H,4,5). The zero-order valence-corrected chi connectivity index (χ0v) is 5.38. The van der Waals surface area contributed by atoms with Crippen LogP contribution in [0.1, 0.15) is 0 Å². The van der Waals surface area contributed by atoms with E-state index in [1.54, 1.807) is 0 Å². The van der Waals surface area contributed by atoms with Gasteiger partial charge in [-0.1, -0.05) is 0 Å². The third kappa shape index (κ3) is 2.77. The van der Waals surface area contributed by atoms with E-state index in [1.807, 2.05) is 0 Å². The Morgan fingerprint density at radius 1 is 1.88 bits per heavy atom. The van der Waals surface area contributed by atoms with E-state index >= 15 is 0 Å². The Balaban J connectivity index is 3.49. The van der Waals surface area contributed by atoms with Gasteiger partial charge in [0.1, 0.15) is 6.35 Å². The van der Waals surface area contributed by atoms with Crippen molar-refractivity contribution in [1.82, 2.24) is 0 Å². The second kappa shape index (κ2) is 3.64. The summed E-state index contributed by atoms with van der Waals surface area (Å²) in [6.07, 6.45) is -0.167. The van der Waals surface area contributed by atoms with E-state index in [2.05, 4.69) is 4.74 Å². The molecule has 48 valence electrons. The number of methoxy groups -OCH3 is 1. The highest BCUT2D eigenvalue weighted by atomic mass is 31.1.